The molecule has 0 saturated heterocycles. The molecule has 0 aliphatic heterocycles. The Bertz CT molecular complexity index is 726. The maximum atomic E-state index is 12.9. The summed E-state index contributed by atoms with van der Waals surface area (Å²) in [5, 5.41) is 8.94. The highest BCUT2D eigenvalue weighted by molar-refractivity contribution is 6.32. The van der Waals surface area contributed by atoms with Crippen LogP contribution in [0.2, 0.25) is 5.02 Å². The summed E-state index contributed by atoms with van der Waals surface area (Å²) in [5.41, 5.74) is 1.35. The second-order valence-electron chi connectivity index (χ2n) is 4.62. The molecule has 0 bridgehead atoms. The average Bonchev–Trinajstić information content (AvgIpc) is 2.53. The number of hydrogen-bond acceptors (Lipinski definition) is 3. The lowest BCUT2D eigenvalue weighted by Crippen LogP contribution is -1.99. The molecule has 0 atom stereocenters. The second kappa shape index (κ2) is 7.65. The number of carboxylic acids is 1. The van der Waals surface area contributed by atoms with Gasteiger partial charge in [0, 0.05) is 6.08 Å². The lowest BCUT2D eigenvalue weighted by molar-refractivity contribution is -0.131. The van der Waals surface area contributed by atoms with Crippen LogP contribution in [-0.4, -0.2) is 18.2 Å². The first kappa shape index (κ1) is 16.8. The van der Waals surface area contributed by atoms with E-state index in [-0.39, 0.29) is 17.4 Å². The third kappa shape index (κ3) is 4.72. The molecule has 0 fully saturated rings. The number of ether oxygens (including phenoxy) is 2. The molecule has 0 amide bonds. The number of methoxy groups -OCH3 is 1. The molecule has 6 heteroatoms. The van der Waals surface area contributed by atoms with Crippen LogP contribution in [0.5, 0.6) is 11.5 Å². The van der Waals surface area contributed by atoms with E-state index in [0.717, 1.165) is 11.6 Å². The molecule has 0 radical (unpaired) electrons. The summed E-state index contributed by atoms with van der Waals surface area (Å²) in [7, 11) is 1.46. The Hall–Kier alpha value is -2.53. The molecule has 23 heavy (non-hydrogen) atoms. The van der Waals surface area contributed by atoms with E-state index in [1.54, 1.807) is 24.3 Å². The van der Waals surface area contributed by atoms with Gasteiger partial charge in [0.25, 0.3) is 0 Å². The SMILES string of the molecule is COc1cc(/C=C\C(=O)O)cc(Cl)c1OCc1ccc(F)cc1. The first-order valence-corrected chi connectivity index (χ1v) is 7.03. The maximum absolute atomic E-state index is 12.9. The van der Waals surface area contributed by atoms with E-state index in [0.29, 0.717) is 17.1 Å². The first-order chi connectivity index (χ1) is 11.0. The average molecular weight is 337 g/mol. The third-order valence-corrected chi connectivity index (χ3v) is 3.25. The predicted molar refractivity (Wildman–Crippen MR) is 85.4 cm³/mol. The van der Waals surface area contributed by atoms with Gasteiger partial charge in [0.1, 0.15) is 12.4 Å². The molecule has 0 aromatic heterocycles. The largest absolute Gasteiger partial charge is 0.493 e. The third-order valence-electron chi connectivity index (χ3n) is 2.97. The van der Waals surface area contributed by atoms with Gasteiger partial charge >= 0.3 is 5.97 Å². The Morgan fingerprint density at radius 1 is 1.30 bits per heavy atom. The van der Waals surface area contributed by atoms with Gasteiger partial charge in [-0.25, -0.2) is 9.18 Å². The molecular formula is C17H14ClFO4. The summed E-state index contributed by atoms with van der Waals surface area (Å²) < 4.78 is 23.8. The van der Waals surface area contributed by atoms with Crippen LogP contribution in [0.25, 0.3) is 6.08 Å². The van der Waals surface area contributed by atoms with Crippen molar-refractivity contribution in [2.75, 3.05) is 7.11 Å². The molecular weight excluding hydrogens is 323 g/mol. The van der Waals surface area contributed by atoms with Crippen molar-refractivity contribution in [2.24, 2.45) is 0 Å². The van der Waals surface area contributed by atoms with Crippen molar-refractivity contribution in [1.29, 1.82) is 0 Å². The predicted octanol–water partition coefficient (Wildman–Crippen LogP) is 4.16. The van der Waals surface area contributed by atoms with E-state index in [2.05, 4.69) is 0 Å². The summed E-state index contributed by atoms with van der Waals surface area (Å²) in [5.74, 6) is -0.661. The number of carboxylic acid groups (broad SMARTS) is 1. The zero-order chi connectivity index (χ0) is 16.8. The second-order valence-corrected chi connectivity index (χ2v) is 5.03. The van der Waals surface area contributed by atoms with Crippen molar-refractivity contribution >= 4 is 23.6 Å². The molecule has 2 aromatic carbocycles. The van der Waals surface area contributed by atoms with Crippen LogP contribution in [-0.2, 0) is 11.4 Å². The minimum atomic E-state index is -1.06. The van der Waals surface area contributed by atoms with Crippen molar-refractivity contribution < 1.29 is 23.8 Å². The minimum absolute atomic E-state index is 0.195. The standard InChI is InChI=1S/C17H14ClFO4/c1-22-15-9-12(4-7-16(20)21)8-14(18)17(15)23-10-11-2-5-13(19)6-3-11/h2-9H,10H2,1H3,(H,20,21)/b7-4-. The van der Waals surface area contributed by atoms with Gasteiger partial charge in [0.15, 0.2) is 11.5 Å². The van der Waals surface area contributed by atoms with E-state index < -0.39 is 5.97 Å². The molecule has 0 aliphatic rings. The zero-order valence-corrected chi connectivity index (χ0v) is 13.0. The summed E-state index contributed by atoms with van der Waals surface area (Å²) in [6.45, 7) is 0.195. The number of halogens is 2. The van der Waals surface area contributed by atoms with Gasteiger partial charge in [-0.15, -0.1) is 0 Å². The van der Waals surface area contributed by atoms with Crippen LogP contribution in [0.3, 0.4) is 0 Å². The van der Waals surface area contributed by atoms with E-state index in [1.807, 2.05) is 0 Å². The molecule has 4 nitrogen and oxygen atoms in total. The Morgan fingerprint density at radius 3 is 2.61 bits per heavy atom. The smallest absolute Gasteiger partial charge is 0.328 e. The molecule has 0 saturated carbocycles. The van der Waals surface area contributed by atoms with Crippen molar-refractivity contribution in [2.45, 2.75) is 6.61 Å². The molecule has 0 unspecified atom stereocenters. The first-order valence-electron chi connectivity index (χ1n) is 6.65. The van der Waals surface area contributed by atoms with E-state index in [4.69, 9.17) is 26.2 Å². The highest BCUT2D eigenvalue weighted by atomic mass is 35.5. The fraction of sp³-hybridized carbons (Fsp3) is 0.118. The lowest BCUT2D eigenvalue weighted by Gasteiger charge is -2.13. The van der Waals surface area contributed by atoms with Crippen molar-refractivity contribution in [3.8, 4) is 11.5 Å². The molecule has 0 aliphatic carbocycles. The molecule has 2 aromatic rings. The Kier molecular flexibility index (Phi) is 5.60. The highest BCUT2D eigenvalue weighted by Gasteiger charge is 2.12. The number of benzene rings is 2. The number of rotatable bonds is 6. The molecule has 0 heterocycles. The van der Waals surface area contributed by atoms with Crippen molar-refractivity contribution in [3.05, 3.63) is 64.4 Å². The maximum Gasteiger partial charge on any atom is 0.328 e. The number of aliphatic carboxylic acids is 1. The quantitative estimate of drug-likeness (QED) is 0.805. The van der Waals surface area contributed by atoms with Gasteiger partial charge < -0.3 is 14.6 Å². The van der Waals surface area contributed by atoms with E-state index in [9.17, 15) is 9.18 Å². The van der Waals surface area contributed by atoms with E-state index in [1.165, 1.54) is 25.3 Å². The Labute approximate surface area is 137 Å². The highest BCUT2D eigenvalue weighted by Crippen LogP contribution is 2.37. The lowest BCUT2D eigenvalue weighted by atomic mass is 10.2. The van der Waals surface area contributed by atoms with Crippen LogP contribution >= 0.6 is 11.6 Å². The molecule has 2 rings (SSSR count). The Balaban J connectivity index is 2.20. The van der Waals surface area contributed by atoms with Gasteiger partial charge in [0.05, 0.1) is 12.1 Å². The van der Waals surface area contributed by atoms with Gasteiger partial charge in [-0.2, -0.15) is 0 Å². The Morgan fingerprint density at radius 2 is 2.00 bits per heavy atom. The van der Waals surface area contributed by atoms with Gasteiger partial charge in [-0.3, -0.25) is 0 Å². The fourth-order valence-electron chi connectivity index (χ4n) is 1.88. The van der Waals surface area contributed by atoms with Gasteiger partial charge in [-0.05, 0) is 41.5 Å². The van der Waals surface area contributed by atoms with Crippen LogP contribution in [0.4, 0.5) is 4.39 Å². The van der Waals surface area contributed by atoms with E-state index >= 15 is 0 Å². The molecule has 1 N–H and O–H groups in total. The van der Waals surface area contributed by atoms with Crippen LogP contribution in [0.15, 0.2) is 42.5 Å². The van der Waals surface area contributed by atoms with Crippen LogP contribution in [0, 0.1) is 5.82 Å². The van der Waals surface area contributed by atoms with Crippen molar-refractivity contribution in [3.63, 3.8) is 0 Å². The summed E-state index contributed by atoms with van der Waals surface area (Å²) in [6, 6.07) is 9.10. The summed E-state index contributed by atoms with van der Waals surface area (Å²) in [6.07, 6.45) is 2.41. The van der Waals surface area contributed by atoms with Crippen molar-refractivity contribution in [1.82, 2.24) is 0 Å². The zero-order valence-electron chi connectivity index (χ0n) is 12.3. The summed E-state index contributed by atoms with van der Waals surface area (Å²) >= 11 is 6.17. The normalized spacial score (nSPS) is 10.7. The number of carbonyl (C=O) groups is 1. The monoisotopic (exact) mass is 336 g/mol. The number of hydrogen-bond donors (Lipinski definition) is 1. The molecule has 0 spiro atoms. The van der Waals surface area contributed by atoms with Crippen LogP contribution < -0.4 is 9.47 Å². The molecule has 120 valence electrons. The van der Waals surface area contributed by atoms with Gasteiger partial charge in [0.2, 0.25) is 0 Å². The van der Waals surface area contributed by atoms with Crippen LogP contribution in [0.1, 0.15) is 11.1 Å². The fourth-order valence-corrected chi connectivity index (χ4v) is 2.15. The van der Waals surface area contributed by atoms with Gasteiger partial charge in [-0.1, -0.05) is 23.7 Å². The topological polar surface area (TPSA) is 55.8 Å². The minimum Gasteiger partial charge on any atom is -0.493 e. The summed E-state index contributed by atoms with van der Waals surface area (Å²) in [4.78, 5) is 10.6.